The molecule has 0 saturated carbocycles. The molecule has 31 heavy (non-hydrogen) atoms. The molecule has 1 heterocycles. The van der Waals surface area contributed by atoms with Gasteiger partial charge in [-0.15, -0.1) is 0 Å². The van der Waals surface area contributed by atoms with Gasteiger partial charge in [-0.2, -0.15) is 0 Å². The SMILES string of the molecule is CCOc1ncccc1C(=O)N(Cc1ccccc1)C(C)c1cccc(NC(C)=O)c1. The summed E-state index contributed by atoms with van der Waals surface area (Å²) in [4.78, 5) is 31.2. The zero-order valence-corrected chi connectivity index (χ0v) is 18.0. The fraction of sp³-hybridized carbons (Fsp3) is 0.240. The number of benzene rings is 2. The molecule has 6 nitrogen and oxygen atoms in total. The standard InChI is InChI=1S/C25H27N3O3/c1-4-31-24-23(14-9-15-26-24)25(30)28(17-20-10-6-5-7-11-20)18(2)21-12-8-13-22(16-21)27-19(3)29/h5-16,18H,4,17H2,1-3H3,(H,27,29). The van der Waals surface area contributed by atoms with Crippen LogP contribution in [0.3, 0.4) is 0 Å². The predicted octanol–water partition coefficient (Wildman–Crippen LogP) is 4.84. The molecule has 1 aromatic heterocycles. The Bertz CT molecular complexity index is 1040. The maximum atomic E-state index is 13.7. The Morgan fingerprint density at radius 2 is 1.84 bits per heavy atom. The van der Waals surface area contributed by atoms with Crippen molar-refractivity contribution in [3.05, 3.63) is 89.6 Å². The average molecular weight is 418 g/mol. The van der Waals surface area contributed by atoms with Crippen molar-refractivity contribution >= 4 is 17.5 Å². The summed E-state index contributed by atoms with van der Waals surface area (Å²) >= 11 is 0. The number of nitrogens with zero attached hydrogens (tertiary/aromatic N) is 2. The summed E-state index contributed by atoms with van der Waals surface area (Å²) in [5.41, 5.74) is 3.05. The second kappa shape index (κ2) is 10.4. The first-order chi connectivity index (χ1) is 15.0. The van der Waals surface area contributed by atoms with Gasteiger partial charge in [0.2, 0.25) is 11.8 Å². The summed E-state index contributed by atoms with van der Waals surface area (Å²) in [6, 6.07) is 20.6. The van der Waals surface area contributed by atoms with Gasteiger partial charge in [-0.25, -0.2) is 4.98 Å². The van der Waals surface area contributed by atoms with E-state index in [-0.39, 0.29) is 17.9 Å². The van der Waals surface area contributed by atoms with Gasteiger partial charge in [-0.3, -0.25) is 9.59 Å². The van der Waals surface area contributed by atoms with Crippen LogP contribution in [0.5, 0.6) is 5.88 Å². The Kier molecular flexibility index (Phi) is 7.38. The van der Waals surface area contributed by atoms with Crippen molar-refractivity contribution in [1.82, 2.24) is 9.88 Å². The average Bonchev–Trinajstić information content (AvgIpc) is 2.78. The number of carbonyl (C=O) groups excluding carboxylic acids is 2. The fourth-order valence-corrected chi connectivity index (χ4v) is 3.38. The summed E-state index contributed by atoms with van der Waals surface area (Å²) in [7, 11) is 0. The van der Waals surface area contributed by atoms with Gasteiger partial charge >= 0.3 is 0 Å². The summed E-state index contributed by atoms with van der Waals surface area (Å²) in [6.45, 7) is 6.15. The van der Waals surface area contributed by atoms with E-state index in [2.05, 4.69) is 10.3 Å². The van der Waals surface area contributed by atoms with E-state index in [1.54, 1.807) is 23.2 Å². The van der Waals surface area contributed by atoms with E-state index in [0.29, 0.717) is 30.3 Å². The topological polar surface area (TPSA) is 71.5 Å². The molecule has 6 heteroatoms. The van der Waals surface area contributed by atoms with Gasteiger partial charge in [0.15, 0.2) is 0 Å². The third-order valence-electron chi connectivity index (χ3n) is 4.90. The van der Waals surface area contributed by atoms with Gasteiger partial charge in [0.05, 0.1) is 12.6 Å². The van der Waals surface area contributed by atoms with Gasteiger partial charge in [0.1, 0.15) is 5.56 Å². The molecule has 2 amide bonds. The van der Waals surface area contributed by atoms with Crippen LogP contribution < -0.4 is 10.1 Å². The summed E-state index contributed by atoms with van der Waals surface area (Å²) in [5, 5.41) is 2.80. The molecule has 3 rings (SSSR count). The lowest BCUT2D eigenvalue weighted by atomic mass is 10.0. The number of hydrogen-bond acceptors (Lipinski definition) is 4. The quantitative estimate of drug-likeness (QED) is 0.569. The fourth-order valence-electron chi connectivity index (χ4n) is 3.38. The van der Waals surface area contributed by atoms with Crippen molar-refractivity contribution in [2.24, 2.45) is 0 Å². The van der Waals surface area contributed by atoms with Crippen molar-refractivity contribution in [1.29, 1.82) is 0 Å². The van der Waals surface area contributed by atoms with E-state index in [1.165, 1.54) is 6.92 Å². The van der Waals surface area contributed by atoms with Crippen molar-refractivity contribution in [3.8, 4) is 5.88 Å². The lowest BCUT2D eigenvalue weighted by Crippen LogP contribution is -2.33. The van der Waals surface area contributed by atoms with Gasteiger partial charge < -0.3 is 15.0 Å². The van der Waals surface area contributed by atoms with Crippen LogP contribution in [-0.4, -0.2) is 28.3 Å². The number of amides is 2. The molecule has 0 spiro atoms. The van der Waals surface area contributed by atoms with Crippen LogP contribution in [0.25, 0.3) is 0 Å². The lowest BCUT2D eigenvalue weighted by Gasteiger charge is -2.30. The molecule has 0 radical (unpaired) electrons. The van der Waals surface area contributed by atoms with Crippen LogP contribution in [-0.2, 0) is 11.3 Å². The molecule has 2 aromatic carbocycles. The zero-order chi connectivity index (χ0) is 22.2. The molecule has 1 atom stereocenters. The van der Waals surface area contributed by atoms with Crippen LogP contribution in [0, 0.1) is 0 Å². The second-order valence-electron chi connectivity index (χ2n) is 7.19. The highest BCUT2D eigenvalue weighted by Crippen LogP contribution is 2.28. The molecule has 1 unspecified atom stereocenters. The first-order valence-electron chi connectivity index (χ1n) is 10.3. The number of anilines is 1. The van der Waals surface area contributed by atoms with E-state index in [4.69, 9.17) is 4.74 Å². The van der Waals surface area contributed by atoms with E-state index in [0.717, 1.165) is 11.1 Å². The molecule has 3 aromatic rings. The van der Waals surface area contributed by atoms with Gasteiger partial charge in [0, 0.05) is 25.4 Å². The van der Waals surface area contributed by atoms with Crippen LogP contribution in [0.15, 0.2) is 72.9 Å². The maximum absolute atomic E-state index is 13.7. The van der Waals surface area contributed by atoms with E-state index in [9.17, 15) is 9.59 Å². The van der Waals surface area contributed by atoms with E-state index in [1.807, 2.05) is 68.4 Å². The number of ether oxygens (including phenoxy) is 1. The number of aromatic nitrogens is 1. The number of rotatable bonds is 8. The van der Waals surface area contributed by atoms with Gasteiger partial charge in [-0.1, -0.05) is 42.5 Å². The molecule has 0 saturated heterocycles. The van der Waals surface area contributed by atoms with Crippen LogP contribution in [0.2, 0.25) is 0 Å². The Morgan fingerprint density at radius 3 is 2.55 bits per heavy atom. The smallest absolute Gasteiger partial charge is 0.260 e. The first-order valence-corrected chi connectivity index (χ1v) is 10.3. The van der Waals surface area contributed by atoms with Gasteiger partial charge in [-0.05, 0) is 49.2 Å². The third kappa shape index (κ3) is 5.69. The van der Waals surface area contributed by atoms with Crippen LogP contribution in [0.1, 0.15) is 48.3 Å². The summed E-state index contributed by atoms with van der Waals surface area (Å²) in [6.07, 6.45) is 1.61. The molecular weight excluding hydrogens is 390 g/mol. The van der Waals surface area contributed by atoms with Gasteiger partial charge in [0.25, 0.3) is 5.91 Å². The lowest BCUT2D eigenvalue weighted by molar-refractivity contribution is -0.114. The van der Waals surface area contributed by atoms with E-state index < -0.39 is 0 Å². The Balaban J connectivity index is 1.98. The minimum atomic E-state index is -0.254. The monoisotopic (exact) mass is 417 g/mol. The van der Waals surface area contributed by atoms with Crippen molar-refractivity contribution in [3.63, 3.8) is 0 Å². The molecular formula is C25H27N3O3. The Hall–Kier alpha value is -3.67. The summed E-state index contributed by atoms with van der Waals surface area (Å²) < 4.78 is 5.60. The Labute approximate surface area is 182 Å². The van der Waals surface area contributed by atoms with Crippen molar-refractivity contribution in [2.45, 2.75) is 33.4 Å². The highest BCUT2D eigenvalue weighted by molar-refractivity contribution is 5.96. The minimum Gasteiger partial charge on any atom is -0.477 e. The third-order valence-corrected chi connectivity index (χ3v) is 4.90. The molecule has 1 N–H and O–H groups in total. The molecule has 0 fully saturated rings. The van der Waals surface area contributed by atoms with Crippen molar-refractivity contribution in [2.75, 3.05) is 11.9 Å². The molecule has 0 aliphatic heterocycles. The van der Waals surface area contributed by atoms with Crippen LogP contribution in [0.4, 0.5) is 5.69 Å². The number of nitrogens with one attached hydrogen (secondary N) is 1. The second-order valence-corrected chi connectivity index (χ2v) is 7.19. The Morgan fingerprint density at radius 1 is 1.06 bits per heavy atom. The van der Waals surface area contributed by atoms with E-state index >= 15 is 0 Å². The zero-order valence-electron chi connectivity index (χ0n) is 18.0. The predicted molar refractivity (Wildman–Crippen MR) is 121 cm³/mol. The highest BCUT2D eigenvalue weighted by Gasteiger charge is 2.26. The molecule has 0 aliphatic rings. The normalized spacial score (nSPS) is 11.5. The molecule has 160 valence electrons. The largest absolute Gasteiger partial charge is 0.477 e. The number of pyridine rings is 1. The number of hydrogen-bond donors (Lipinski definition) is 1. The highest BCUT2D eigenvalue weighted by atomic mass is 16.5. The number of carbonyl (C=O) groups is 2. The molecule has 0 aliphatic carbocycles. The summed E-state index contributed by atoms with van der Waals surface area (Å²) in [5.74, 6) is 0.0174. The molecule has 0 bridgehead atoms. The first kappa shape index (κ1) is 22.0. The maximum Gasteiger partial charge on any atom is 0.260 e. The minimum absolute atomic E-state index is 0.140. The van der Waals surface area contributed by atoms with Crippen molar-refractivity contribution < 1.29 is 14.3 Å². The van der Waals surface area contributed by atoms with Crippen LogP contribution >= 0.6 is 0 Å².